The van der Waals surface area contributed by atoms with Crippen LogP contribution in [0.2, 0.25) is 0 Å². The van der Waals surface area contributed by atoms with Crippen LogP contribution in [0.5, 0.6) is 0 Å². The average molecular weight is 330 g/mol. The summed E-state index contributed by atoms with van der Waals surface area (Å²) in [6.07, 6.45) is 5.05. The second-order valence-electron chi connectivity index (χ2n) is 6.47. The van der Waals surface area contributed by atoms with Gasteiger partial charge < -0.3 is 10.1 Å². The Labute approximate surface area is 140 Å². The Kier molecular flexibility index (Phi) is 4.94. The number of fused-ring (bicyclic) bond motifs is 1. The number of carbonyl (C=O) groups excluding carboxylic acids is 3. The smallest absolute Gasteiger partial charge is 0.258 e. The molecule has 3 rings (SSSR count). The molecule has 1 aliphatic heterocycles. The van der Waals surface area contributed by atoms with Crippen molar-refractivity contribution >= 4 is 17.7 Å². The number of imide groups is 1. The number of ether oxygens (including phenoxy) is 1. The van der Waals surface area contributed by atoms with Crippen LogP contribution in [0.25, 0.3) is 0 Å². The fraction of sp³-hybridized carbons (Fsp3) is 0.500. The van der Waals surface area contributed by atoms with E-state index in [2.05, 4.69) is 17.6 Å². The average Bonchev–Trinajstić information content (AvgIpc) is 2.87. The highest BCUT2D eigenvalue weighted by Crippen LogP contribution is 2.26. The lowest BCUT2D eigenvalue weighted by atomic mass is 9.88. The van der Waals surface area contributed by atoms with Crippen molar-refractivity contribution in [2.75, 3.05) is 13.2 Å². The number of rotatable bonds is 5. The van der Waals surface area contributed by atoms with Gasteiger partial charge in [0.25, 0.3) is 17.7 Å². The molecule has 0 saturated heterocycles. The zero-order valence-electron chi connectivity index (χ0n) is 13.8. The summed E-state index contributed by atoms with van der Waals surface area (Å²) >= 11 is 0. The van der Waals surface area contributed by atoms with E-state index in [4.69, 9.17) is 4.74 Å². The minimum atomic E-state index is -0.459. The summed E-state index contributed by atoms with van der Waals surface area (Å²) in [5.74, 6) is -0.580. The zero-order chi connectivity index (χ0) is 17.1. The number of carbonyl (C=O) groups is 3. The van der Waals surface area contributed by atoms with Crippen molar-refractivity contribution in [3.05, 3.63) is 34.9 Å². The summed E-state index contributed by atoms with van der Waals surface area (Å²) < 4.78 is 5.86. The molecule has 0 radical (unpaired) electrons. The van der Waals surface area contributed by atoms with Crippen molar-refractivity contribution in [2.24, 2.45) is 5.92 Å². The van der Waals surface area contributed by atoms with Gasteiger partial charge in [0.1, 0.15) is 0 Å². The molecule has 1 saturated carbocycles. The normalized spacial score (nSPS) is 22.9. The van der Waals surface area contributed by atoms with E-state index in [1.807, 2.05) is 0 Å². The Morgan fingerprint density at radius 1 is 1.21 bits per heavy atom. The van der Waals surface area contributed by atoms with Crippen LogP contribution in [-0.2, 0) is 4.74 Å². The molecule has 1 aromatic rings. The lowest BCUT2D eigenvalue weighted by Gasteiger charge is -2.28. The molecule has 6 heteroatoms. The summed E-state index contributed by atoms with van der Waals surface area (Å²) in [5.41, 5.74) is 0.927. The first kappa shape index (κ1) is 16.6. The van der Waals surface area contributed by atoms with Crippen LogP contribution >= 0.6 is 0 Å². The van der Waals surface area contributed by atoms with E-state index in [1.54, 1.807) is 6.07 Å². The van der Waals surface area contributed by atoms with Crippen molar-refractivity contribution in [3.8, 4) is 0 Å². The van der Waals surface area contributed by atoms with E-state index in [0.717, 1.165) is 6.42 Å². The SMILES string of the molecule is C[C@@H]1CCCC[C@H]1OCCNC(=O)c1ccc2c(c1)C(=O)NC2=O. The molecule has 0 bridgehead atoms. The predicted octanol–water partition coefficient (Wildman–Crippen LogP) is 1.90. The van der Waals surface area contributed by atoms with Gasteiger partial charge in [-0.25, -0.2) is 0 Å². The molecule has 0 aromatic heterocycles. The standard InChI is InChI=1S/C18H22N2O4/c1-11-4-2-3-5-15(11)24-9-8-19-16(21)12-6-7-13-14(10-12)18(23)20-17(13)22/h6-7,10-11,15H,2-5,8-9H2,1H3,(H,19,21)(H,20,22,23)/t11-,15-/m1/s1. The van der Waals surface area contributed by atoms with E-state index in [-0.39, 0.29) is 17.6 Å². The molecule has 2 aliphatic rings. The maximum absolute atomic E-state index is 12.2. The van der Waals surface area contributed by atoms with Gasteiger partial charge in [-0.3, -0.25) is 19.7 Å². The van der Waals surface area contributed by atoms with Gasteiger partial charge in [0.05, 0.1) is 23.8 Å². The molecule has 128 valence electrons. The highest BCUT2D eigenvalue weighted by Gasteiger charge is 2.27. The Morgan fingerprint density at radius 3 is 2.75 bits per heavy atom. The Morgan fingerprint density at radius 2 is 1.96 bits per heavy atom. The van der Waals surface area contributed by atoms with Gasteiger partial charge in [-0.2, -0.15) is 0 Å². The monoisotopic (exact) mass is 330 g/mol. The van der Waals surface area contributed by atoms with E-state index in [9.17, 15) is 14.4 Å². The molecule has 2 N–H and O–H groups in total. The number of benzene rings is 1. The van der Waals surface area contributed by atoms with Gasteiger partial charge in [0, 0.05) is 12.1 Å². The highest BCUT2D eigenvalue weighted by molar-refractivity contribution is 6.22. The molecule has 1 heterocycles. The number of nitrogens with one attached hydrogen (secondary N) is 2. The summed E-state index contributed by atoms with van der Waals surface area (Å²) in [6.45, 7) is 3.11. The molecule has 1 fully saturated rings. The van der Waals surface area contributed by atoms with Gasteiger partial charge in [-0.1, -0.05) is 19.8 Å². The summed E-state index contributed by atoms with van der Waals surface area (Å²) in [5, 5.41) is 5.00. The van der Waals surface area contributed by atoms with Crippen molar-refractivity contribution in [1.29, 1.82) is 0 Å². The quantitative estimate of drug-likeness (QED) is 0.638. The van der Waals surface area contributed by atoms with E-state index in [1.165, 1.54) is 31.4 Å². The van der Waals surface area contributed by atoms with Crippen molar-refractivity contribution < 1.29 is 19.1 Å². The lowest BCUT2D eigenvalue weighted by Crippen LogP contribution is -2.31. The van der Waals surface area contributed by atoms with Crippen LogP contribution in [0, 0.1) is 5.92 Å². The minimum Gasteiger partial charge on any atom is -0.376 e. The van der Waals surface area contributed by atoms with Gasteiger partial charge in [0.15, 0.2) is 0 Å². The molecular formula is C18H22N2O4. The van der Waals surface area contributed by atoms with Gasteiger partial charge >= 0.3 is 0 Å². The first-order chi connectivity index (χ1) is 11.6. The van der Waals surface area contributed by atoms with E-state index < -0.39 is 11.8 Å². The molecule has 6 nitrogen and oxygen atoms in total. The maximum atomic E-state index is 12.2. The highest BCUT2D eigenvalue weighted by atomic mass is 16.5. The Hall–Kier alpha value is -2.21. The number of hydrogen-bond acceptors (Lipinski definition) is 4. The third-order valence-corrected chi connectivity index (χ3v) is 4.75. The lowest BCUT2D eigenvalue weighted by molar-refractivity contribution is -0.00293. The van der Waals surface area contributed by atoms with Crippen LogP contribution < -0.4 is 10.6 Å². The molecule has 2 atom stereocenters. The first-order valence-electron chi connectivity index (χ1n) is 8.46. The summed E-state index contributed by atoms with van der Waals surface area (Å²) in [6, 6.07) is 4.51. The molecule has 1 aromatic carbocycles. The minimum absolute atomic E-state index is 0.250. The van der Waals surface area contributed by atoms with Gasteiger partial charge in [-0.05, 0) is 37.0 Å². The molecule has 0 spiro atoms. The molecule has 0 unspecified atom stereocenters. The third-order valence-electron chi connectivity index (χ3n) is 4.75. The van der Waals surface area contributed by atoms with Crippen LogP contribution in [-0.4, -0.2) is 37.0 Å². The zero-order valence-corrected chi connectivity index (χ0v) is 13.8. The number of hydrogen-bond donors (Lipinski definition) is 2. The molecule has 1 aliphatic carbocycles. The van der Waals surface area contributed by atoms with Crippen molar-refractivity contribution in [1.82, 2.24) is 10.6 Å². The van der Waals surface area contributed by atoms with Crippen LogP contribution in [0.1, 0.15) is 63.7 Å². The fourth-order valence-electron chi connectivity index (χ4n) is 3.32. The van der Waals surface area contributed by atoms with E-state index >= 15 is 0 Å². The summed E-state index contributed by atoms with van der Waals surface area (Å²) in [4.78, 5) is 35.3. The van der Waals surface area contributed by atoms with Crippen molar-refractivity contribution in [3.63, 3.8) is 0 Å². The maximum Gasteiger partial charge on any atom is 0.258 e. The largest absolute Gasteiger partial charge is 0.376 e. The topological polar surface area (TPSA) is 84.5 Å². The van der Waals surface area contributed by atoms with Crippen LogP contribution in [0.4, 0.5) is 0 Å². The van der Waals surface area contributed by atoms with Gasteiger partial charge in [0.2, 0.25) is 0 Å². The molecule has 24 heavy (non-hydrogen) atoms. The Balaban J connectivity index is 1.50. The van der Waals surface area contributed by atoms with Crippen LogP contribution in [0.3, 0.4) is 0 Å². The number of amides is 3. The first-order valence-corrected chi connectivity index (χ1v) is 8.46. The van der Waals surface area contributed by atoms with E-state index in [0.29, 0.717) is 30.2 Å². The second kappa shape index (κ2) is 7.13. The Bertz CT molecular complexity index is 671. The van der Waals surface area contributed by atoms with Gasteiger partial charge in [-0.15, -0.1) is 0 Å². The summed E-state index contributed by atoms with van der Waals surface area (Å²) in [7, 11) is 0. The predicted molar refractivity (Wildman–Crippen MR) is 87.9 cm³/mol. The van der Waals surface area contributed by atoms with Crippen molar-refractivity contribution in [2.45, 2.75) is 38.7 Å². The molecule has 3 amide bonds. The molecular weight excluding hydrogens is 308 g/mol. The third kappa shape index (κ3) is 3.48. The second-order valence-corrected chi connectivity index (χ2v) is 6.47. The van der Waals surface area contributed by atoms with Crippen LogP contribution in [0.15, 0.2) is 18.2 Å². The fourth-order valence-corrected chi connectivity index (χ4v) is 3.32.